The van der Waals surface area contributed by atoms with Crippen LogP contribution in [0, 0.1) is 6.92 Å². The van der Waals surface area contributed by atoms with Crippen molar-refractivity contribution < 1.29 is 14.3 Å². The van der Waals surface area contributed by atoms with Gasteiger partial charge in [0.15, 0.2) is 11.5 Å². The van der Waals surface area contributed by atoms with Gasteiger partial charge in [0.2, 0.25) is 6.79 Å². The molecule has 0 atom stereocenters. The zero-order valence-electron chi connectivity index (χ0n) is 14.6. The zero-order valence-corrected chi connectivity index (χ0v) is 14.6. The predicted octanol–water partition coefficient (Wildman–Crippen LogP) is 1.42. The quantitative estimate of drug-likeness (QED) is 0.844. The van der Waals surface area contributed by atoms with Crippen molar-refractivity contribution in [2.75, 3.05) is 33.0 Å². The van der Waals surface area contributed by atoms with Crippen molar-refractivity contribution in [1.82, 2.24) is 19.6 Å². The summed E-state index contributed by atoms with van der Waals surface area (Å²) >= 11 is 0. The Balaban J connectivity index is 1.35. The summed E-state index contributed by atoms with van der Waals surface area (Å²) in [5.41, 5.74) is 2.72. The van der Waals surface area contributed by atoms with E-state index in [1.54, 1.807) is 4.68 Å². The number of carbonyl (C=O) groups is 1. The second-order valence-electron chi connectivity index (χ2n) is 6.55. The molecule has 0 radical (unpaired) electrons. The largest absolute Gasteiger partial charge is 0.454 e. The Morgan fingerprint density at radius 3 is 2.60 bits per heavy atom. The van der Waals surface area contributed by atoms with E-state index in [-0.39, 0.29) is 5.91 Å². The van der Waals surface area contributed by atoms with Crippen LogP contribution in [-0.4, -0.2) is 58.5 Å². The molecule has 0 unspecified atom stereocenters. The molecule has 1 amide bonds. The number of aryl methyl sites for hydroxylation is 2. The Bertz CT molecular complexity index is 794. The summed E-state index contributed by atoms with van der Waals surface area (Å²) in [6.45, 7) is 6.23. The van der Waals surface area contributed by atoms with Crippen molar-refractivity contribution in [3.8, 4) is 11.5 Å². The number of carbonyl (C=O) groups excluding carboxylic acids is 1. The number of piperazine rings is 1. The first-order valence-corrected chi connectivity index (χ1v) is 8.51. The van der Waals surface area contributed by atoms with Crippen molar-refractivity contribution in [2.24, 2.45) is 7.05 Å². The lowest BCUT2D eigenvalue weighted by molar-refractivity contribution is 0.0617. The van der Waals surface area contributed by atoms with Crippen molar-refractivity contribution in [3.05, 3.63) is 41.2 Å². The van der Waals surface area contributed by atoms with Crippen LogP contribution in [0.4, 0.5) is 0 Å². The third-order valence-corrected chi connectivity index (χ3v) is 4.72. The van der Waals surface area contributed by atoms with Gasteiger partial charge >= 0.3 is 0 Å². The summed E-state index contributed by atoms with van der Waals surface area (Å²) < 4.78 is 12.5. The molecular formula is C18H22N4O3. The number of benzene rings is 1. The lowest BCUT2D eigenvalue weighted by atomic mass is 10.1. The lowest BCUT2D eigenvalue weighted by Crippen LogP contribution is -2.48. The second kappa shape index (κ2) is 6.40. The van der Waals surface area contributed by atoms with Crippen LogP contribution in [0.3, 0.4) is 0 Å². The molecule has 7 nitrogen and oxygen atoms in total. The SMILES string of the molecule is Cc1cc(C(=O)N2CCN(Cc3ccc4c(c3)OCO4)CC2)n(C)n1. The van der Waals surface area contributed by atoms with Gasteiger partial charge in [0.05, 0.1) is 5.69 Å². The van der Waals surface area contributed by atoms with Gasteiger partial charge in [-0.3, -0.25) is 14.4 Å². The van der Waals surface area contributed by atoms with Crippen molar-refractivity contribution in [1.29, 1.82) is 0 Å². The fraction of sp³-hybridized carbons (Fsp3) is 0.444. The average molecular weight is 342 g/mol. The first-order valence-electron chi connectivity index (χ1n) is 8.51. The minimum Gasteiger partial charge on any atom is -0.454 e. The van der Waals surface area contributed by atoms with Crippen LogP contribution >= 0.6 is 0 Å². The van der Waals surface area contributed by atoms with E-state index in [1.165, 1.54) is 5.56 Å². The molecular weight excluding hydrogens is 320 g/mol. The summed E-state index contributed by atoms with van der Waals surface area (Å²) in [6.07, 6.45) is 0. The van der Waals surface area contributed by atoms with E-state index >= 15 is 0 Å². The third kappa shape index (κ3) is 3.19. The predicted molar refractivity (Wildman–Crippen MR) is 91.7 cm³/mol. The Morgan fingerprint density at radius 2 is 1.88 bits per heavy atom. The van der Waals surface area contributed by atoms with Crippen molar-refractivity contribution in [3.63, 3.8) is 0 Å². The highest BCUT2D eigenvalue weighted by molar-refractivity contribution is 5.92. The Kier molecular flexibility index (Phi) is 4.09. The van der Waals surface area contributed by atoms with Crippen LogP contribution in [0.15, 0.2) is 24.3 Å². The summed E-state index contributed by atoms with van der Waals surface area (Å²) in [5.74, 6) is 1.69. The normalized spacial score (nSPS) is 17.1. The van der Waals surface area contributed by atoms with E-state index in [2.05, 4.69) is 16.1 Å². The number of fused-ring (bicyclic) bond motifs is 1. The first-order chi connectivity index (χ1) is 12.1. The molecule has 0 bridgehead atoms. The Hall–Kier alpha value is -2.54. The Morgan fingerprint density at radius 1 is 1.12 bits per heavy atom. The highest BCUT2D eigenvalue weighted by Gasteiger charge is 2.24. The maximum absolute atomic E-state index is 12.6. The standard InChI is InChI=1S/C18H22N4O3/c1-13-9-15(20(2)19-13)18(23)22-7-5-21(6-8-22)11-14-3-4-16-17(10-14)25-12-24-16/h3-4,9-10H,5-8,11-12H2,1-2H3. The van der Waals surface area contributed by atoms with Gasteiger partial charge in [-0.25, -0.2) is 0 Å². The number of hydrogen-bond acceptors (Lipinski definition) is 5. The smallest absolute Gasteiger partial charge is 0.272 e. The molecule has 2 aliphatic heterocycles. The van der Waals surface area contributed by atoms with E-state index in [0.29, 0.717) is 12.5 Å². The van der Waals surface area contributed by atoms with E-state index in [0.717, 1.165) is 49.9 Å². The first kappa shape index (κ1) is 16.0. The van der Waals surface area contributed by atoms with Crippen LogP contribution in [0.25, 0.3) is 0 Å². The highest BCUT2D eigenvalue weighted by atomic mass is 16.7. The van der Waals surface area contributed by atoms with E-state index in [4.69, 9.17) is 9.47 Å². The van der Waals surface area contributed by atoms with E-state index < -0.39 is 0 Å². The Labute approximate surface area is 146 Å². The summed E-state index contributed by atoms with van der Waals surface area (Å²) in [7, 11) is 1.82. The fourth-order valence-corrected chi connectivity index (χ4v) is 3.38. The fourth-order valence-electron chi connectivity index (χ4n) is 3.38. The molecule has 0 saturated carbocycles. The van der Waals surface area contributed by atoms with Gasteiger partial charge in [0, 0.05) is 39.8 Å². The van der Waals surface area contributed by atoms with Crippen LogP contribution in [0.5, 0.6) is 11.5 Å². The van der Waals surface area contributed by atoms with E-state index in [9.17, 15) is 4.79 Å². The molecule has 2 aliphatic rings. The van der Waals surface area contributed by atoms with E-state index in [1.807, 2.05) is 37.1 Å². The van der Waals surface area contributed by atoms with Gasteiger partial charge in [-0.2, -0.15) is 5.10 Å². The molecule has 25 heavy (non-hydrogen) atoms. The van der Waals surface area contributed by atoms with Gasteiger partial charge in [0.25, 0.3) is 5.91 Å². The summed E-state index contributed by atoms with van der Waals surface area (Å²) in [6, 6.07) is 7.92. The third-order valence-electron chi connectivity index (χ3n) is 4.72. The number of amides is 1. The minimum absolute atomic E-state index is 0.0610. The molecule has 2 aromatic rings. The highest BCUT2D eigenvalue weighted by Crippen LogP contribution is 2.32. The maximum atomic E-state index is 12.6. The van der Waals surface area contributed by atoms with Gasteiger partial charge < -0.3 is 14.4 Å². The zero-order chi connectivity index (χ0) is 17.4. The average Bonchev–Trinajstić information content (AvgIpc) is 3.20. The molecule has 3 heterocycles. The molecule has 132 valence electrons. The van der Waals surface area contributed by atoms with Crippen molar-refractivity contribution in [2.45, 2.75) is 13.5 Å². The van der Waals surface area contributed by atoms with Crippen molar-refractivity contribution >= 4 is 5.91 Å². The topological polar surface area (TPSA) is 59.8 Å². The maximum Gasteiger partial charge on any atom is 0.272 e. The molecule has 0 N–H and O–H groups in total. The number of nitrogens with zero attached hydrogens (tertiary/aromatic N) is 4. The number of aromatic nitrogens is 2. The molecule has 0 aliphatic carbocycles. The van der Waals surface area contributed by atoms with Gasteiger partial charge in [0.1, 0.15) is 5.69 Å². The summed E-state index contributed by atoms with van der Waals surface area (Å²) in [5, 5.41) is 4.26. The van der Waals surface area contributed by atoms with Crippen LogP contribution < -0.4 is 9.47 Å². The molecule has 7 heteroatoms. The second-order valence-corrected chi connectivity index (χ2v) is 6.55. The summed E-state index contributed by atoms with van der Waals surface area (Å²) in [4.78, 5) is 16.9. The van der Waals surface area contributed by atoms with Gasteiger partial charge in [-0.05, 0) is 30.7 Å². The molecule has 1 aromatic carbocycles. The molecule has 1 saturated heterocycles. The van der Waals surface area contributed by atoms with Gasteiger partial charge in [-0.1, -0.05) is 6.07 Å². The lowest BCUT2D eigenvalue weighted by Gasteiger charge is -2.34. The molecule has 1 fully saturated rings. The molecule has 4 rings (SSSR count). The van der Waals surface area contributed by atoms with Crippen LogP contribution in [-0.2, 0) is 13.6 Å². The number of rotatable bonds is 3. The van der Waals surface area contributed by atoms with Crippen LogP contribution in [0.2, 0.25) is 0 Å². The van der Waals surface area contributed by atoms with Gasteiger partial charge in [-0.15, -0.1) is 0 Å². The monoisotopic (exact) mass is 342 g/mol. The number of hydrogen-bond donors (Lipinski definition) is 0. The molecule has 0 spiro atoms. The molecule has 1 aromatic heterocycles. The number of ether oxygens (including phenoxy) is 2. The van der Waals surface area contributed by atoms with Crippen LogP contribution in [0.1, 0.15) is 21.7 Å². The minimum atomic E-state index is 0.0610.